The standard InChI is InChI=1S/C13H29N5O/c1-16(2)7-8-18-11-9-17(10-12-18)6-4-3-5-13(14)15-19/h19H,3-12H2,1-2H3,(H2,14,15). The molecule has 0 amide bonds. The Kier molecular flexibility index (Phi) is 7.78. The molecule has 0 saturated carbocycles. The zero-order chi connectivity index (χ0) is 14.1. The van der Waals surface area contributed by atoms with Crippen LogP contribution in [0.4, 0.5) is 0 Å². The Labute approximate surface area is 116 Å². The molecule has 0 radical (unpaired) electrons. The number of likely N-dealkylation sites (N-methyl/N-ethyl adjacent to an activating group) is 1. The van der Waals surface area contributed by atoms with Crippen molar-refractivity contribution in [3.05, 3.63) is 0 Å². The molecule has 0 aromatic rings. The molecule has 1 aliphatic rings. The van der Waals surface area contributed by atoms with Crippen LogP contribution in [-0.2, 0) is 0 Å². The Morgan fingerprint density at radius 2 is 1.68 bits per heavy atom. The van der Waals surface area contributed by atoms with Gasteiger partial charge in [0.15, 0.2) is 0 Å². The Bertz CT molecular complexity index is 262. The molecular formula is C13H29N5O. The molecule has 6 heteroatoms. The Balaban J connectivity index is 2.03. The first-order valence-corrected chi connectivity index (χ1v) is 7.17. The lowest BCUT2D eigenvalue weighted by molar-refractivity contribution is 0.124. The second kappa shape index (κ2) is 9.12. The number of piperazine rings is 1. The van der Waals surface area contributed by atoms with Crippen LogP contribution >= 0.6 is 0 Å². The van der Waals surface area contributed by atoms with Gasteiger partial charge in [-0.3, -0.25) is 4.90 Å². The summed E-state index contributed by atoms with van der Waals surface area (Å²) in [4.78, 5) is 7.28. The zero-order valence-corrected chi connectivity index (χ0v) is 12.4. The van der Waals surface area contributed by atoms with E-state index < -0.39 is 0 Å². The van der Waals surface area contributed by atoms with Gasteiger partial charge in [-0.05, 0) is 33.5 Å². The fraction of sp³-hybridized carbons (Fsp3) is 0.923. The normalized spacial score (nSPS) is 19.2. The van der Waals surface area contributed by atoms with E-state index in [9.17, 15) is 0 Å². The van der Waals surface area contributed by atoms with Crippen molar-refractivity contribution in [1.29, 1.82) is 0 Å². The summed E-state index contributed by atoms with van der Waals surface area (Å²) in [6.45, 7) is 8.11. The first kappa shape index (κ1) is 16.2. The Morgan fingerprint density at radius 3 is 2.21 bits per heavy atom. The molecule has 6 nitrogen and oxygen atoms in total. The number of oxime groups is 1. The number of hydrogen-bond acceptors (Lipinski definition) is 5. The van der Waals surface area contributed by atoms with Crippen molar-refractivity contribution < 1.29 is 5.21 Å². The van der Waals surface area contributed by atoms with Crippen LogP contribution in [0.15, 0.2) is 5.16 Å². The fourth-order valence-electron chi connectivity index (χ4n) is 2.27. The highest BCUT2D eigenvalue weighted by Gasteiger charge is 2.15. The number of nitrogens with zero attached hydrogens (tertiary/aromatic N) is 4. The predicted octanol–water partition coefficient (Wildman–Crippen LogP) is 0.0823. The Morgan fingerprint density at radius 1 is 1.11 bits per heavy atom. The van der Waals surface area contributed by atoms with Gasteiger partial charge in [-0.15, -0.1) is 0 Å². The van der Waals surface area contributed by atoms with Crippen LogP contribution in [0, 0.1) is 0 Å². The number of rotatable bonds is 8. The highest BCUT2D eigenvalue weighted by molar-refractivity contribution is 5.79. The lowest BCUT2D eigenvalue weighted by atomic mass is 10.2. The third kappa shape index (κ3) is 7.34. The number of hydrogen-bond donors (Lipinski definition) is 2. The molecule has 0 bridgehead atoms. The second-order valence-electron chi connectivity index (χ2n) is 5.54. The highest BCUT2D eigenvalue weighted by atomic mass is 16.4. The number of unbranched alkanes of at least 4 members (excludes halogenated alkanes) is 1. The van der Waals surface area contributed by atoms with Crippen LogP contribution in [-0.4, -0.2) is 85.7 Å². The number of nitrogens with two attached hydrogens (primary N) is 1. The summed E-state index contributed by atoms with van der Waals surface area (Å²) < 4.78 is 0. The molecule has 0 aromatic carbocycles. The summed E-state index contributed by atoms with van der Waals surface area (Å²) >= 11 is 0. The predicted molar refractivity (Wildman–Crippen MR) is 78.7 cm³/mol. The van der Waals surface area contributed by atoms with Gasteiger partial charge in [0, 0.05) is 45.7 Å². The first-order chi connectivity index (χ1) is 9.11. The van der Waals surface area contributed by atoms with Crippen LogP contribution in [0.3, 0.4) is 0 Å². The molecule has 1 heterocycles. The van der Waals surface area contributed by atoms with Crippen LogP contribution < -0.4 is 5.73 Å². The quantitative estimate of drug-likeness (QED) is 0.215. The zero-order valence-electron chi connectivity index (χ0n) is 12.4. The van der Waals surface area contributed by atoms with E-state index in [4.69, 9.17) is 10.9 Å². The van der Waals surface area contributed by atoms with E-state index in [1.54, 1.807) is 0 Å². The van der Waals surface area contributed by atoms with Crippen LogP contribution in [0.25, 0.3) is 0 Å². The minimum Gasteiger partial charge on any atom is -0.409 e. The molecule has 1 fully saturated rings. The third-order valence-corrected chi connectivity index (χ3v) is 3.61. The number of amidine groups is 1. The summed E-state index contributed by atoms with van der Waals surface area (Å²) in [6, 6.07) is 0. The average molecular weight is 271 g/mol. The molecule has 0 aromatic heterocycles. The van der Waals surface area contributed by atoms with Gasteiger partial charge in [-0.1, -0.05) is 5.16 Å². The van der Waals surface area contributed by atoms with Crippen molar-refractivity contribution in [1.82, 2.24) is 14.7 Å². The van der Waals surface area contributed by atoms with Crippen molar-refractivity contribution in [3.8, 4) is 0 Å². The molecule has 112 valence electrons. The monoisotopic (exact) mass is 271 g/mol. The molecular weight excluding hydrogens is 242 g/mol. The van der Waals surface area contributed by atoms with Gasteiger partial charge in [0.2, 0.25) is 0 Å². The van der Waals surface area contributed by atoms with E-state index in [0.717, 1.165) is 39.0 Å². The fourth-order valence-corrected chi connectivity index (χ4v) is 2.27. The largest absolute Gasteiger partial charge is 0.409 e. The van der Waals surface area contributed by atoms with E-state index in [2.05, 4.69) is 34.0 Å². The summed E-state index contributed by atoms with van der Waals surface area (Å²) in [5.41, 5.74) is 5.44. The second-order valence-corrected chi connectivity index (χ2v) is 5.54. The lowest BCUT2D eigenvalue weighted by Crippen LogP contribution is -2.48. The molecule has 0 unspecified atom stereocenters. The van der Waals surface area contributed by atoms with Crippen molar-refractivity contribution in [2.24, 2.45) is 10.9 Å². The maximum absolute atomic E-state index is 8.45. The van der Waals surface area contributed by atoms with Gasteiger partial charge >= 0.3 is 0 Å². The van der Waals surface area contributed by atoms with Gasteiger partial charge < -0.3 is 20.7 Å². The van der Waals surface area contributed by atoms with Crippen molar-refractivity contribution >= 4 is 5.84 Å². The maximum Gasteiger partial charge on any atom is 0.139 e. The molecule has 3 N–H and O–H groups in total. The van der Waals surface area contributed by atoms with Crippen molar-refractivity contribution in [2.45, 2.75) is 19.3 Å². The molecule has 1 saturated heterocycles. The van der Waals surface area contributed by atoms with Crippen LogP contribution in [0.1, 0.15) is 19.3 Å². The highest BCUT2D eigenvalue weighted by Crippen LogP contribution is 2.04. The van der Waals surface area contributed by atoms with Gasteiger partial charge in [0.1, 0.15) is 5.84 Å². The minimum absolute atomic E-state index is 0.341. The molecule has 1 rings (SSSR count). The maximum atomic E-state index is 8.45. The summed E-state index contributed by atoms with van der Waals surface area (Å²) in [5, 5.41) is 11.4. The molecule has 0 spiro atoms. The molecule has 0 atom stereocenters. The van der Waals surface area contributed by atoms with E-state index in [1.165, 1.54) is 19.6 Å². The third-order valence-electron chi connectivity index (χ3n) is 3.61. The van der Waals surface area contributed by atoms with E-state index in [-0.39, 0.29) is 0 Å². The van der Waals surface area contributed by atoms with E-state index in [0.29, 0.717) is 12.3 Å². The summed E-state index contributed by atoms with van der Waals surface area (Å²) in [7, 11) is 4.25. The lowest BCUT2D eigenvalue weighted by Gasteiger charge is -2.35. The van der Waals surface area contributed by atoms with Gasteiger partial charge in [0.25, 0.3) is 0 Å². The molecule has 0 aliphatic carbocycles. The summed E-state index contributed by atoms with van der Waals surface area (Å²) in [6.07, 6.45) is 2.81. The van der Waals surface area contributed by atoms with E-state index in [1.807, 2.05) is 0 Å². The minimum atomic E-state index is 0.341. The van der Waals surface area contributed by atoms with Gasteiger partial charge in [-0.25, -0.2) is 0 Å². The SMILES string of the molecule is CN(C)CCN1CCN(CCCCC(N)=NO)CC1. The molecule has 1 aliphatic heterocycles. The Hall–Kier alpha value is -0.850. The average Bonchev–Trinajstić information content (AvgIpc) is 2.42. The topological polar surface area (TPSA) is 68.3 Å². The molecule has 19 heavy (non-hydrogen) atoms. The van der Waals surface area contributed by atoms with Crippen molar-refractivity contribution in [3.63, 3.8) is 0 Å². The van der Waals surface area contributed by atoms with Crippen molar-refractivity contribution in [2.75, 3.05) is 59.9 Å². The van der Waals surface area contributed by atoms with Crippen LogP contribution in [0.5, 0.6) is 0 Å². The summed E-state index contributed by atoms with van der Waals surface area (Å²) in [5.74, 6) is 0.341. The van der Waals surface area contributed by atoms with Gasteiger partial charge in [-0.2, -0.15) is 0 Å². The van der Waals surface area contributed by atoms with Gasteiger partial charge in [0.05, 0.1) is 0 Å². The van der Waals surface area contributed by atoms with E-state index >= 15 is 0 Å². The van der Waals surface area contributed by atoms with Crippen LogP contribution in [0.2, 0.25) is 0 Å². The first-order valence-electron chi connectivity index (χ1n) is 7.17. The smallest absolute Gasteiger partial charge is 0.139 e.